The molecule has 1 fully saturated rings. The maximum absolute atomic E-state index is 4.05. The summed E-state index contributed by atoms with van der Waals surface area (Å²) in [5, 5.41) is 1.38. The lowest BCUT2D eigenvalue weighted by molar-refractivity contribution is 0.139. The van der Waals surface area contributed by atoms with Crippen molar-refractivity contribution in [1.29, 1.82) is 0 Å². The van der Waals surface area contributed by atoms with Gasteiger partial charge in [-0.25, -0.2) is 0 Å². The number of hydrogen-bond donors (Lipinski definition) is 1. The third-order valence-electron chi connectivity index (χ3n) is 5.32. The topological polar surface area (TPSA) is 19.0 Å². The molecule has 0 aliphatic carbocycles. The van der Waals surface area contributed by atoms with Gasteiger partial charge in [-0.05, 0) is 42.7 Å². The van der Waals surface area contributed by atoms with Crippen LogP contribution in [0.4, 0.5) is 0 Å². The number of fused-ring (bicyclic) bond motifs is 1. The summed E-state index contributed by atoms with van der Waals surface area (Å²) in [6, 6.07) is 8.62. The SMILES string of the molecule is C=CC1CC(CCCC)CN(CCc2c[nH]c3ccccc23)C1. The number of nitrogens with one attached hydrogen (secondary N) is 1. The van der Waals surface area contributed by atoms with E-state index >= 15 is 0 Å². The highest BCUT2D eigenvalue weighted by atomic mass is 15.1. The van der Waals surface area contributed by atoms with Crippen molar-refractivity contribution in [3.63, 3.8) is 0 Å². The monoisotopic (exact) mass is 310 g/mol. The van der Waals surface area contributed by atoms with Gasteiger partial charge in [0, 0.05) is 36.7 Å². The second kappa shape index (κ2) is 7.83. The summed E-state index contributed by atoms with van der Waals surface area (Å²) in [6.07, 6.45) is 10.9. The zero-order valence-electron chi connectivity index (χ0n) is 14.4. The summed E-state index contributed by atoms with van der Waals surface area (Å²) < 4.78 is 0. The first-order chi connectivity index (χ1) is 11.3. The fourth-order valence-electron chi connectivity index (χ4n) is 4.02. The molecule has 0 radical (unpaired) electrons. The van der Waals surface area contributed by atoms with Crippen LogP contribution in [0.15, 0.2) is 43.1 Å². The molecule has 2 heteroatoms. The Bertz CT molecular complexity index is 628. The summed E-state index contributed by atoms with van der Waals surface area (Å²) in [7, 11) is 0. The number of benzene rings is 1. The number of para-hydroxylation sites is 1. The van der Waals surface area contributed by atoms with Gasteiger partial charge in [0.2, 0.25) is 0 Å². The molecule has 2 unspecified atom stereocenters. The van der Waals surface area contributed by atoms with Crippen LogP contribution in [0.25, 0.3) is 10.9 Å². The van der Waals surface area contributed by atoms with Gasteiger partial charge in [0.25, 0.3) is 0 Å². The Balaban J connectivity index is 1.60. The van der Waals surface area contributed by atoms with Crippen LogP contribution in [0, 0.1) is 11.8 Å². The Kier molecular flexibility index (Phi) is 5.56. The van der Waals surface area contributed by atoms with E-state index in [1.807, 2.05) is 0 Å². The summed E-state index contributed by atoms with van der Waals surface area (Å²) in [5.41, 5.74) is 2.71. The van der Waals surface area contributed by atoms with Gasteiger partial charge in [0.05, 0.1) is 0 Å². The van der Waals surface area contributed by atoms with Crippen LogP contribution in [-0.2, 0) is 6.42 Å². The average molecular weight is 310 g/mol. The molecule has 1 aliphatic rings. The number of aromatic nitrogens is 1. The van der Waals surface area contributed by atoms with Crippen LogP contribution in [0.3, 0.4) is 0 Å². The minimum absolute atomic E-state index is 0.675. The van der Waals surface area contributed by atoms with Crippen molar-refractivity contribution >= 4 is 10.9 Å². The smallest absolute Gasteiger partial charge is 0.0456 e. The standard InChI is InChI=1S/C21H30N2/c1-3-5-8-18-13-17(4-2)15-23(16-18)12-11-19-14-22-21-10-7-6-9-20(19)21/h4,6-7,9-10,14,17-18,22H,2-3,5,8,11-13,15-16H2,1H3. The molecular weight excluding hydrogens is 280 g/mol. The summed E-state index contributed by atoms with van der Waals surface area (Å²) in [5.74, 6) is 1.53. The van der Waals surface area contributed by atoms with Gasteiger partial charge in [-0.1, -0.05) is 44.0 Å². The van der Waals surface area contributed by atoms with E-state index in [9.17, 15) is 0 Å². The maximum atomic E-state index is 4.05. The van der Waals surface area contributed by atoms with Crippen molar-refractivity contribution < 1.29 is 0 Å². The number of nitrogens with zero attached hydrogens (tertiary/aromatic N) is 1. The molecule has 3 rings (SSSR count). The second-order valence-electron chi connectivity index (χ2n) is 7.11. The number of piperidine rings is 1. The quantitative estimate of drug-likeness (QED) is 0.711. The van der Waals surface area contributed by atoms with E-state index in [0.29, 0.717) is 5.92 Å². The molecule has 0 bridgehead atoms. The van der Waals surface area contributed by atoms with E-state index in [1.165, 1.54) is 55.2 Å². The van der Waals surface area contributed by atoms with Crippen molar-refractivity contribution in [2.24, 2.45) is 11.8 Å². The number of hydrogen-bond acceptors (Lipinski definition) is 1. The Labute approximate surface area is 140 Å². The average Bonchev–Trinajstić information content (AvgIpc) is 3.01. The van der Waals surface area contributed by atoms with Crippen LogP contribution < -0.4 is 0 Å². The zero-order chi connectivity index (χ0) is 16.1. The Morgan fingerprint density at radius 1 is 1.30 bits per heavy atom. The minimum Gasteiger partial charge on any atom is -0.361 e. The number of H-pyrrole nitrogens is 1. The molecule has 2 atom stereocenters. The molecule has 1 aromatic heterocycles. The molecule has 0 amide bonds. The molecule has 1 saturated heterocycles. The second-order valence-corrected chi connectivity index (χ2v) is 7.11. The number of unbranched alkanes of at least 4 members (excludes halogenated alkanes) is 1. The highest BCUT2D eigenvalue weighted by molar-refractivity contribution is 5.83. The fraction of sp³-hybridized carbons (Fsp3) is 0.524. The molecule has 124 valence electrons. The molecule has 2 heterocycles. The first kappa shape index (κ1) is 16.3. The van der Waals surface area contributed by atoms with Crippen molar-refractivity contribution in [2.75, 3.05) is 19.6 Å². The van der Waals surface area contributed by atoms with Crippen LogP contribution in [0.5, 0.6) is 0 Å². The number of aromatic amines is 1. The lowest BCUT2D eigenvalue weighted by Gasteiger charge is -2.37. The lowest BCUT2D eigenvalue weighted by atomic mass is 9.86. The van der Waals surface area contributed by atoms with E-state index < -0.39 is 0 Å². The highest BCUT2D eigenvalue weighted by Crippen LogP contribution is 2.27. The number of rotatable bonds is 7. The fourth-order valence-corrected chi connectivity index (χ4v) is 4.02. The lowest BCUT2D eigenvalue weighted by Crippen LogP contribution is -2.40. The Morgan fingerprint density at radius 2 is 2.17 bits per heavy atom. The highest BCUT2D eigenvalue weighted by Gasteiger charge is 2.25. The molecule has 1 N–H and O–H groups in total. The van der Waals surface area contributed by atoms with Gasteiger partial charge in [-0.3, -0.25) is 0 Å². The normalized spacial score (nSPS) is 22.5. The third-order valence-corrected chi connectivity index (χ3v) is 5.32. The van der Waals surface area contributed by atoms with E-state index in [-0.39, 0.29) is 0 Å². The molecular formula is C21H30N2. The van der Waals surface area contributed by atoms with Crippen molar-refractivity contribution in [3.05, 3.63) is 48.7 Å². The van der Waals surface area contributed by atoms with Crippen LogP contribution in [0.1, 0.15) is 38.2 Å². The largest absolute Gasteiger partial charge is 0.361 e. The predicted octanol–water partition coefficient (Wildman–Crippen LogP) is 5.02. The number of likely N-dealkylation sites (tertiary alicyclic amines) is 1. The van der Waals surface area contributed by atoms with Gasteiger partial charge < -0.3 is 9.88 Å². The molecule has 1 aromatic carbocycles. The van der Waals surface area contributed by atoms with Gasteiger partial charge >= 0.3 is 0 Å². The molecule has 0 spiro atoms. The first-order valence-electron chi connectivity index (χ1n) is 9.20. The Morgan fingerprint density at radius 3 is 3.00 bits per heavy atom. The van der Waals surface area contributed by atoms with E-state index in [4.69, 9.17) is 0 Å². The molecule has 0 saturated carbocycles. The Hall–Kier alpha value is -1.54. The van der Waals surface area contributed by atoms with Crippen LogP contribution in [0.2, 0.25) is 0 Å². The zero-order valence-corrected chi connectivity index (χ0v) is 14.4. The van der Waals surface area contributed by atoms with E-state index in [1.54, 1.807) is 0 Å². The van der Waals surface area contributed by atoms with Crippen LogP contribution in [-0.4, -0.2) is 29.5 Å². The molecule has 2 aromatic rings. The van der Waals surface area contributed by atoms with E-state index in [2.05, 4.69) is 59.9 Å². The van der Waals surface area contributed by atoms with Crippen molar-refractivity contribution in [2.45, 2.75) is 39.0 Å². The summed E-state index contributed by atoms with van der Waals surface area (Å²) in [6.45, 7) is 9.97. The van der Waals surface area contributed by atoms with Crippen molar-refractivity contribution in [3.8, 4) is 0 Å². The van der Waals surface area contributed by atoms with Crippen molar-refractivity contribution in [1.82, 2.24) is 9.88 Å². The van der Waals surface area contributed by atoms with Gasteiger partial charge in [-0.15, -0.1) is 6.58 Å². The third kappa shape index (κ3) is 4.06. The molecule has 1 aliphatic heterocycles. The first-order valence-corrected chi connectivity index (χ1v) is 9.20. The molecule has 23 heavy (non-hydrogen) atoms. The van der Waals surface area contributed by atoms with Gasteiger partial charge in [0.1, 0.15) is 0 Å². The minimum atomic E-state index is 0.675. The maximum Gasteiger partial charge on any atom is 0.0456 e. The predicted molar refractivity (Wildman–Crippen MR) is 99.8 cm³/mol. The van der Waals surface area contributed by atoms with Gasteiger partial charge in [0.15, 0.2) is 0 Å². The molecule has 2 nitrogen and oxygen atoms in total. The summed E-state index contributed by atoms with van der Waals surface area (Å²) >= 11 is 0. The van der Waals surface area contributed by atoms with E-state index in [0.717, 1.165) is 18.9 Å². The summed E-state index contributed by atoms with van der Waals surface area (Å²) in [4.78, 5) is 6.06. The van der Waals surface area contributed by atoms with Gasteiger partial charge in [-0.2, -0.15) is 0 Å². The van der Waals surface area contributed by atoms with Crippen LogP contribution >= 0.6 is 0 Å².